The summed E-state index contributed by atoms with van der Waals surface area (Å²) < 4.78 is 7.13. The van der Waals surface area contributed by atoms with Crippen molar-refractivity contribution in [2.24, 2.45) is 0 Å². The first-order valence-electron chi connectivity index (χ1n) is 7.41. The number of alkyl carbamates (subject to hydrolysis) is 1. The first-order chi connectivity index (χ1) is 12.0. The molecule has 0 aliphatic rings. The van der Waals surface area contributed by atoms with Gasteiger partial charge in [-0.15, -0.1) is 10.2 Å². The van der Waals surface area contributed by atoms with Crippen LogP contribution in [0.25, 0.3) is 0 Å². The molecular weight excluding hydrogens is 403 g/mol. The number of hydrogen-bond acceptors (Lipinski definition) is 6. The Morgan fingerprint density at radius 2 is 1.92 bits per heavy atom. The molecule has 0 bridgehead atoms. The molecular formula is C15H18Cl2N4O2S2. The first kappa shape index (κ1) is 20.2. The van der Waals surface area contributed by atoms with E-state index in [1.807, 2.05) is 23.1 Å². The topological polar surface area (TPSA) is 69.0 Å². The van der Waals surface area contributed by atoms with Crippen molar-refractivity contribution in [1.82, 2.24) is 20.1 Å². The second kappa shape index (κ2) is 10.2. The van der Waals surface area contributed by atoms with Crippen LogP contribution in [0.5, 0.6) is 0 Å². The third-order valence-corrected chi connectivity index (χ3v) is 5.19. The van der Waals surface area contributed by atoms with Crippen molar-refractivity contribution in [3.05, 3.63) is 33.8 Å². The van der Waals surface area contributed by atoms with Crippen molar-refractivity contribution < 1.29 is 9.53 Å². The molecule has 0 fully saturated rings. The van der Waals surface area contributed by atoms with Gasteiger partial charge in [0.2, 0.25) is 0 Å². The van der Waals surface area contributed by atoms with Gasteiger partial charge in [-0.1, -0.05) is 52.8 Å². The van der Waals surface area contributed by atoms with Gasteiger partial charge in [-0.3, -0.25) is 4.57 Å². The molecule has 0 saturated carbocycles. The molecule has 0 aliphatic heterocycles. The van der Waals surface area contributed by atoms with E-state index < -0.39 is 6.09 Å². The number of nitrogens with zero attached hydrogens (tertiary/aromatic N) is 3. The zero-order valence-corrected chi connectivity index (χ0v) is 16.9. The minimum Gasteiger partial charge on any atom is -0.449 e. The molecule has 1 N–H and O–H groups in total. The molecule has 1 heterocycles. The lowest BCUT2D eigenvalue weighted by Crippen LogP contribution is -2.28. The van der Waals surface area contributed by atoms with E-state index in [0.717, 1.165) is 15.9 Å². The number of nitrogens with one attached hydrogen (secondary N) is 1. The fourth-order valence-corrected chi connectivity index (χ4v) is 3.67. The van der Waals surface area contributed by atoms with Gasteiger partial charge in [0.1, 0.15) is 0 Å². The third kappa shape index (κ3) is 5.99. The van der Waals surface area contributed by atoms with Crippen molar-refractivity contribution in [3.63, 3.8) is 0 Å². The molecule has 25 heavy (non-hydrogen) atoms. The fraction of sp³-hybridized carbons (Fsp3) is 0.400. The number of ether oxygens (including phenoxy) is 1. The van der Waals surface area contributed by atoms with E-state index in [1.165, 1.54) is 23.5 Å². The van der Waals surface area contributed by atoms with Gasteiger partial charge in [-0.25, -0.2) is 4.79 Å². The van der Waals surface area contributed by atoms with Crippen molar-refractivity contribution in [2.45, 2.75) is 23.3 Å². The number of halogens is 2. The average Bonchev–Trinajstić information content (AvgIpc) is 2.99. The maximum Gasteiger partial charge on any atom is 0.407 e. The van der Waals surface area contributed by atoms with Crippen LogP contribution in [0.3, 0.4) is 0 Å². The summed E-state index contributed by atoms with van der Waals surface area (Å²) in [7, 11) is 0. The number of hydrogen-bond donors (Lipinski definition) is 1. The number of benzene rings is 1. The fourth-order valence-electron chi connectivity index (χ4n) is 2.07. The van der Waals surface area contributed by atoms with E-state index in [2.05, 4.69) is 15.5 Å². The Morgan fingerprint density at radius 1 is 1.24 bits per heavy atom. The highest BCUT2D eigenvalue weighted by Crippen LogP contribution is 2.21. The smallest absolute Gasteiger partial charge is 0.407 e. The lowest BCUT2D eigenvalue weighted by Gasteiger charge is -2.10. The van der Waals surface area contributed by atoms with Gasteiger partial charge in [-0.2, -0.15) is 0 Å². The third-order valence-electron chi connectivity index (χ3n) is 3.27. The molecule has 0 saturated heterocycles. The lowest BCUT2D eigenvalue weighted by atomic mass is 10.2. The van der Waals surface area contributed by atoms with E-state index >= 15 is 0 Å². The normalized spacial score (nSPS) is 10.7. The minimum absolute atomic E-state index is 0.242. The van der Waals surface area contributed by atoms with Gasteiger partial charge >= 0.3 is 6.09 Å². The summed E-state index contributed by atoms with van der Waals surface area (Å²) >= 11 is 15.0. The van der Waals surface area contributed by atoms with Crippen molar-refractivity contribution in [3.8, 4) is 0 Å². The molecule has 136 valence electrons. The van der Waals surface area contributed by atoms with Crippen LogP contribution in [0.1, 0.15) is 5.56 Å². The summed E-state index contributed by atoms with van der Waals surface area (Å²) in [5.74, 6) is 0. The van der Waals surface area contributed by atoms with Crippen LogP contribution in [0.2, 0.25) is 10.0 Å². The number of carbonyl (C=O) groups is 1. The molecule has 2 aromatic rings. The molecule has 0 radical (unpaired) electrons. The van der Waals surface area contributed by atoms with Gasteiger partial charge in [0.05, 0.1) is 6.61 Å². The van der Waals surface area contributed by atoms with Crippen molar-refractivity contribution in [1.29, 1.82) is 0 Å². The van der Waals surface area contributed by atoms with Crippen LogP contribution in [0.15, 0.2) is 28.5 Å². The Balaban J connectivity index is 1.73. The van der Waals surface area contributed by atoms with E-state index in [0.29, 0.717) is 29.6 Å². The van der Waals surface area contributed by atoms with Crippen molar-refractivity contribution in [2.75, 3.05) is 25.7 Å². The highest BCUT2D eigenvalue weighted by Gasteiger charge is 2.11. The van der Waals surface area contributed by atoms with Gasteiger partial charge in [0.15, 0.2) is 10.3 Å². The molecule has 1 amide bonds. The molecule has 10 heteroatoms. The number of aromatic nitrogens is 3. The zero-order chi connectivity index (χ0) is 18.2. The summed E-state index contributed by atoms with van der Waals surface area (Å²) in [6.45, 7) is 1.25. The predicted octanol–water partition coefficient (Wildman–Crippen LogP) is 4.00. The van der Waals surface area contributed by atoms with Gasteiger partial charge in [-0.05, 0) is 30.2 Å². The van der Waals surface area contributed by atoms with Crippen LogP contribution in [-0.4, -0.2) is 46.5 Å². The SMILES string of the molecule is CSc1nnc(SC)n1CCNC(=O)OCCc1ccc(Cl)cc1Cl. The summed E-state index contributed by atoms with van der Waals surface area (Å²) in [5.41, 5.74) is 0.887. The van der Waals surface area contributed by atoms with E-state index in [-0.39, 0.29) is 6.61 Å². The zero-order valence-electron chi connectivity index (χ0n) is 13.8. The standard InChI is InChI=1S/C15H18Cl2N4O2S2/c1-24-13-19-20-14(25-2)21(13)7-6-18-15(22)23-8-5-10-3-4-11(16)9-12(10)17/h3-4,9H,5-8H2,1-2H3,(H,18,22). The summed E-state index contributed by atoms with van der Waals surface area (Å²) in [6.07, 6.45) is 3.94. The van der Waals surface area contributed by atoms with Gasteiger partial charge in [0, 0.05) is 29.6 Å². The Morgan fingerprint density at radius 3 is 2.52 bits per heavy atom. The quantitative estimate of drug-likeness (QED) is 0.650. The molecule has 0 spiro atoms. The lowest BCUT2D eigenvalue weighted by molar-refractivity contribution is 0.147. The maximum atomic E-state index is 11.8. The minimum atomic E-state index is -0.463. The summed E-state index contributed by atoms with van der Waals surface area (Å²) in [4.78, 5) is 11.8. The Hall–Kier alpha value is -1.09. The number of amides is 1. The highest BCUT2D eigenvalue weighted by atomic mass is 35.5. The molecule has 1 aromatic carbocycles. The monoisotopic (exact) mass is 420 g/mol. The summed E-state index contributed by atoms with van der Waals surface area (Å²) in [5, 5.41) is 13.7. The van der Waals surface area contributed by atoms with Crippen LogP contribution in [0, 0.1) is 0 Å². The average molecular weight is 421 g/mol. The second-order valence-corrected chi connectivity index (χ2v) is 7.26. The van der Waals surface area contributed by atoms with E-state index in [4.69, 9.17) is 27.9 Å². The molecule has 0 aliphatic carbocycles. The molecule has 1 aromatic heterocycles. The molecule has 0 atom stereocenters. The Bertz CT molecular complexity index is 706. The van der Waals surface area contributed by atoms with Gasteiger partial charge < -0.3 is 10.1 Å². The Labute approximate surface area is 165 Å². The molecule has 2 rings (SSSR count). The molecule has 0 unspecified atom stereocenters. The van der Waals surface area contributed by atoms with E-state index in [9.17, 15) is 4.79 Å². The van der Waals surface area contributed by atoms with Crippen LogP contribution in [-0.2, 0) is 17.7 Å². The van der Waals surface area contributed by atoms with Crippen molar-refractivity contribution >= 4 is 52.8 Å². The van der Waals surface area contributed by atoms with E-state index in [1.54, 1.807) is 12.1 Å². The second-order valence-electron chi connectivity index (χ2n) is 4.87. The van der Waals surface area contributed by atoms with Crippen LogP contribution in [0.4, 0.5) is 4.79 Å². The first-order valence-corrected chi connectivity index (χ1v) is 10.6. The molecule has 6 nitrogen and oxygen atoms in total. The predicted molar refractivity (Wildman–Crippen MR) is 103 cm³/mol. The largest absolute Gasteiger partial charge is 0.449 e. The number of thioether (sulfide) groups is 2. The van der Waals surface area contributed by atoms with Crippen LogP contribution >= 0.6 is 46.7 Å². The summed E-state index contributed by atoms with van der Waals surface area (Å²) in [6, 6.07) is 5.25. The highest BCUT2D eigenvalue weighted by molar-refractivity contribution is 7.99. The number of rotatable bonds is 8. The maximum absolute atomic E-state index is 11.8. The van der Waals surface area contributed by atoms with Crippen LogP contribution < -0.4 is 5.32 Å². The van der Waals surface area contributed by atoms with Gasteiger partial charge in [0.25, 0.3) is 0 Å². The number of carbonyl (C=O) groups excluding carboxylic acids is 1. The Kier molecular flexibility index (Phi) is 8.21.